The molecule has 1 aromatic heterocycles. The predicted molar refractivity (Wildman–Crippen MR) is 149 cm³/mol. The maximum absolute atomic E-state index is 12.9. The zero-order valence-electron chi connectivity index (χ0n) is 22.7. The van der Waals surface area contributed by atoms with Gasteiger partial charge in [0.25, 0.3) is 5.91 Å². The molecule has 3 fully saturated rings. The van der Waals surface area contributed by atoms with Crippen LogP contribution in [0.15, 0.2) is 42.6 Å². The van der Waals surface area contributed by atoms with E-state index in [1.807, 2.05) is 30.5 Å². The second kappa shape index (κ2) is 11.9. The minimum Gasteiger partial charge on any atom is -0.477 e. The second-order valence-electron chi connectivity index (χ2n) is 11.9. The van der Waals surface area contributed by atoms with Gasteiger partial charge in [-0.3, -0.25) is 9.59 Å². The Morgan fingerprint density at radius 1 is 0.947 bits per heavy atom. The molecule has 1 aliphatic carbocycles. The lowest BCUT2D eigenvalue weighted by Gasteiger charge is -2.41. The zero-order valence-corrected chi connectivity index (χ0v) is 22.7. The number of hydrogen-bond acceptors (Lipinski definition) is 5. The van der Waals surface area contributed by atoms with Gasteiger partial charge in [-0.1, -0.05) is 38.3 Å². The van der Waals surface area contributed by atoms with Gasteiger partial charge in [0.05, 0.1) is 6.61 Å². The number of nitrogens with zero attached hydrogens (tertiary/aromatic N) is 3. The van der Waals surface area contributed by atoms with Crippen LogP contribution in [0.5, 0.6) is 5.88 Å². The molecule has 5 rings (SSSR count). The third-order valence-corrected chi connectivity index (χ3v) is 8.88. The van der Waals surface area contributed by atoms with Crippen LogP contribution in [0.2, 0.25) is 0 Å². The fourth-order valence-electron chi connectivity index (χ4n) is 6.53. The Bertz CT molecular complexity index is 1090. The van der Waals surface area contributed by atoms with Gasteiger partial charge in [0.15, 0.2) is 0 Å². The van der Waals surface area contributed by atoms with Crippen molar-refractivity contribution in [3.05, 3.63) is 48.2 Å². The van der Waals surface area contributed by atoms with Crippen LogP contribution in [0.25, 0.3) is 11.1 Å². The first-order chi connectivity index (χ1) is 18.4. The van der Waals surface area contributed by atoms with Gasteiger partial charge in [0, 0.05) is 36.5 Å². The van der Waals surface area contributed by atoms with Crippen LogP contribution in [-0.2, 0) is 4.79 Å². The number of benzene rings is 1. The van der Waals surface area contributed by atoms with Gasteiger partial charge in [0.1, 0.15) is 6.04 Å². The molecule has 2 amide bonds. The number of aromatic nitrogens is 1. The van der Waals surface area contributed by atoms with E-state index in [4.69, 9.17) is 10.5 Å². The number of carbonyl (C=O) groups excluding carboxylic acids is 2. The summed E-state index contributed by atoms with van der Waals surface area (Å²) in [5.74, 6) is 0.662. The zero-order chi connectivity index (χ0) is 26.5. The van der Waals surface area contributed by atoms with Crippen LogP contribution in [0.4, 0.5) is 0 Å². The monoisotopic (exact) mass is 518 g/mol. The third kappa shape index (κ3) is 6.37. The molecule has 7 nitrogen and oxygen atoms in total. The first-order valence-electron chi connectivity index (χ1n) is 14.4. The first kappa shape index (κ1) is 26.7. The Labute approximate surface area is 226 Å². The summed E-state index contributed by atoms with van der Waals surface area (Å²) in [6, 6.07) is 10.9. The summed E-state index contributed by atoms with van der Waals surface area (Å²) < 4.78 is 6.06. The molecule has 38 heavy (non-hydrogen) atoms. The Kier molecular flexibility index (Phi) is 8.32. The van der Waals surface area contributed by atoms with Crippen molar-refractivity contribution in [1.82, 2.24) is 14.8 Å². The maximum atomic E-state index is 12.9. The number of rotatable bonds is 8. The number of nitrogens with two attached hydrogens (primary N) is 1. The lowest BCUT2D eigenvalue weighted by molar-refractivity contribution is -0.121. The molecule has 2 aliphatic heterocycles. The number of hydrogen-bond donors (Lipinski definition) is 1. The highest BCUT2D eigenvalue weighted by Gasteiger charge is 2.33. The van der Waals surface area contributed by atoms with E-state index in [0.717, 1.165) is 24.2 Å². The Balaban J connectivity index is 1.09. The first-order valence-corrected chi connectivity index (χ1v) is 14.4. The average Bonchev–Trinajstić information content (AvgIpc) is 3.44. The van der Waals surface area contributed by atoms with Crippen molar-refractivity contribution in [2.45, 2.75) is 70.8 Å². The maximum Gasteiger partial charge on any atom is 0.254 e. The van der Waals surface area contributed by atoms with E-state index in [-0.39, 0.29) is 5.91 Å². The highest BCUT2D eigenvalue weighted by atomic mass is 16.5. The van der Waals surface area contributed by atoms with Crippen LogP contribution in [0, 0.1) is 11.3 Å². The molecule has 0 bridgehead atoms. The van der Waals surface area contributed by atoms with Crippen molar-refractivity contribution in [2.24, 2.45) is 17.1 Å². The third-order valence-electron chi connectivity index (χ3n) is 8.88. The number of likely N-dealkylation sites (tertiary alicyclic amines) is 2. The number of amides is 2. The van der Waals surface area contributed by atoms with Gasteiger partial charge in [-0.05, 0) is 86.7 Å². The molecule has 2 aromatic rings. The summed E-state index contributed by atoms with van der Waals surface area (Å²) in [7, 11) is 0. The molecule has 204 valence electrons. The molecule has 3 heterocycles. The molecule has 0 unspecified atom stereocenters. The number of piperidine rings is 1. The molecular weight excluding hydrogens is 476 g/mol. The number of carbonyl (C=O) groups is 2. The van der Waals surface area contributed by atoms with Gasteiger partial charge in [-0.15, -0.1) is 0 Å². The molecule has 2 saturated heterocycles. The van der Waals surface area contributed by atoms with Crippen molar-refractivity contribution >= 4 is 11.8 Å². The SMILES string of the molecule is CC1(CN2CCC(COc3ccc(-c4ccc(C(=O)N5CCC[C@H]5C(N)=O)cc4)cn3)CC2)CCCCC1. The molecule has 2 N–H and O–H groups in total. The summed E-state index contributed by atoms with van der Waals surface area (Å²) in [4.78, 5) is 33.3. The summed E-state index contributed by atoms with van der Waals surface area (Å²) in [6.45, 7) is 7.38. The summed E-state index contributed by atoms with van der Waals surface area (Å²) in [6.07, 6.45) is 12.6. The van der Waals surface area contributed by atoms with E-state index >= 15 is 0 Å². The number of primary amides is 1. The summed E-state index contributed by atoms with van der Waals surface area (Å²) in [5, 5.41) is 0. The standard InChI is InChI=1S/C31H42N4O3/c1-31(15-3-2-4-16-31)22-34-18-13-23(14-19-34)21-38-28-12-11-26(20-33-28)24-7-9-25(10-8-24)30(37)35-17-5-6-27(35)29(32)36/h7-12,20,23,27H,2-6,13-19,21-22H2,1H3,(H2,32,36)/t27-/m0/s1. The molecule has 1 aromatic carbocycles. The summed E-state index contributed by atoms with van der Waals surface area (Å²) >= 11 is 0. The van der Waals surface area contributed by atoms with Crippen LogP contribution in [-0.4, -0.2) is 65.4 Å². The minimum absolute atomic E-state index is 0.145. The highest BCUT2D eigenvalue weighted by molar-refractivity contribution is 5.98. The van der Waals surface area contributed by atoms with Crippen molar-refractivity contribution in [3.8, 4) is 17.0 Å². The van der Waals surface area contributed by atoms with E-state index in [0.29, 0.717) is 35.7 Å². The van der Waals surface area contributed by atoms with Gasteiger partial charge in [-0.2, -0.15) is 0 Å². The van der Waals surface area contributed by atoms with Crippen molar-refractivity contribution in [3.63, 3.8) is 0 Å². The minimum atomic E-state index is -0.503. The fourth-order valence-corrected chi connectivity index (χ4v) is 6.53. The Morgan fingerprint density at radius 3 is 2.32 bits per heavy atom. The lowest BCUT2D eigenvalue weighted by atomic mass is 9.75. The topological polar surface area (TPSA) is 88.8 Å². The average molecular weight is 519 g/mol. The Hall–Kier alpha value is -2.93. The van der Waals surface area contributed by atoms with Crippen LogP contribution >= 0.6 is 0 Å². The van der Waals surface area contributed by atoms with Gasteiger partial charge >= 0.3 is 0 Å². The number of ether oxygens (including phenoxy) is 1. The fraction of sp³-hybridized carbons (Fsp3) is 0.581. The van der Waals surface area contributed by atoms with Crippen LogP contribution in [0.3, 0.4) is 0 Å². The van der Waals surface area contributed by atoms with Gasteiger partial charge in [0.2, 0.25) is 11.8 Å². The van der Waals surface area contributed by atoms with Crippen molar-refractivity contribution in [2.75, 3.05) is 32.8 Å². The van der Waals surface area contributed by atoms with Crippen LogP contribution < -0.4 is 10.5 Å². The smallest absolute Gasteiger partial charge is 0.254 e. The largest absolute Gasteiger partial charge is 0.477 e. The molecule has 1 saturated carbocycles. The van der Waals surface area contributed by atoms with E-state index < -0.39 is 11.9 Å². The molecule has 0 radical (unpaired) electrons. The molecule has 7 heteroatoms. The Morgan fingerprint density at radius 2 is 1.66 bits per heavy atom. The number of pyridine rings is 1. The van der Waals surface area contributed by atoms with E-state index in [9.17, 15) is 9.59 Å². The van der Waals surface area contributed by atoms with Crippen LogP contribution in [0.1, 0.15) is 75.1 Å². The van der Waals surface area contributed by atoms with E-state index in [1.54, 1.807) is 17.0 Å². The summed E-state index contributed by atoms with van der Waals surface area (Å²) in [5.41, 5.74) is 8.50. The van der Waals surface area contributed by atoms with Crippen molar-refractivity contribution < 1.29 is 14.3 Å². The van der Waals surface area contributed by atoms with Gasteiger partial charge in [-0.25, -0.2) is 4.98 Å². The molecule has 1 atom stereocenters. The van der Waals surface area contributed by atoms with E-state index in [1.165, 1.54) is 64.6 Å². The second-order valence-corrected chi connectivity index (χ2v) is 11.9. The molecule has 0 spiro atoms. The lowest BCUT2D eigenvalue weighted by Crippen LogP contribution is -2.43. The quantitative estimate of drug-likeness (QED) is 0.537. The molecule has 3 aliphatic rings. The molecular formula is C31H42N4O3. The van der Waals surface area contributed by atoms with Crippen molar-refractivity contribution in [1.29, 1.82) is 0 Å². The normalized spacial score (nSPS) is 22.3. The predicted octanol–water partition coefficient (Wildman–Crippen LogP) is 4.90. The highest BCUT2D eigenvalue weighted by Crippen LogP contribution is 2.37. The van der Waals surface area contributed by atoms with Gasteiger partial charge < -0.3 is 20.3 Å². The van der Waals surface area contributed by atoms with E-state index in [2.05, 4.69) is 16.8 Å².